The molecule has 2 N–H and O–H groups in total. The van der Waals surface area contributed by atoms with Gasteiger partial charge in [0, 0.05) is 6.26 Å². The molecule has 0 aliphatic rings. The van der Waals surface area contributed by atoms with Crippen molar-refractivity contribution < 1.29 is 31.2 Å². The number of Topliss-reactive ketones (excluding diaryl/α,β-unsaturated/α-hetero) is 1. The van der Waals surface area contributed by atoms with Crippen LogP contribution < -0.4 is 10.6 Å². The Morgan fingerprint density at radius 2 is 1.47 bits per heavy atom. The summed E-state index contributed by atoms with van der Waals surface area (Å²) in [5.74, 6) is -0.340. The number of carbonyl (C=O) groups is 2. The quantitative estimate of drug-likeness (QED) is 0.343. The number of halogens is 3. The Bertz CT molecular complexity index is 1180. The number of benzene rings is 2. The van der Waals surface area contributed by atoms with Gasteiger partial charge in [0.25, 0.3) is 0 Å². The van der Waals surface area contributed by atoms with E-state index in [1.165, 1.54) is 55.1 Å². The predicted octanol–water partition coefficient (Wildman–Crippen LogP) is 5.19. The van der Waals surface area contributed by atoms with Gasteiger partial charge in [0.2, 0.25) is 5.91 Å². The molecule has 0 heterocycles. The van der Waals surface area contributed by atoms with Crippen molar-refractivity contribution in [3.63, 3.8) is 0 Å². The average Bonchev–Trinajstić information content (AvgIpc) is 2.82. The maximum atomic E-state index is 14.2. The van der Waals surface area contributed by atoms with E-state index in [1.54, 1.807) is 12.1 Å². The number of sulfone groups is 1. The van der Waals surface area contributed by atoms with Gasteiger partial charge in [-0.25, -0.2) is 8.42 Å². The number of thioether (sulfide) groups is 1. The number of hydrogen-bond acceptors (Lipinski definition) is 6. The van der Waals surface area contributed by atoms with Gasteiger partial charge in [0.15, 0.2) is 15.6 Å². The Labute approximate surface area is 227 Å². The van der Waals surface area contributed by atoms with Gasteiger partial charge in [-0.05, 0) is 66.5 Å². The summed E-state index contributed by atoms with van der Waals surface area (Å²) in [4.78, 5) is 25.2. The Kier molecular flexibility index (Phi) is 11.4. The highest BCUT2D eigenvalue weighted by Gasteiger charge is 2.43. The van der Waals surface area contributed by atoms with Crippen molar-refractivity contribution in [1.82, 2.24) is 10.6 Å². The summed E-state index contributed by atoms with van der Waals surface area (Å²) in [5, 5.41) is 5.14. The summed E-state index contributed by atoms with van der Waals surface area (Å²) in [6, 6.07) is 7.77. The second-order valence-electron chi connectivity index (χ2n) is 9.70. The van der Waals surface area contributed by atoms with E-state index in [0.29, 0.717) is 23.3 Å². The van der Waals surface area contributed by atoms with Crippen LogP contribution in [0.1, 0.15) is 45.2 Å². The summed E-state index contributed by atoms with van der Waals surface area (Å²) < 4.78 is 65.9. The SMILES string of the molecule is CSCC[C@H](NC(=O)[C@H](CC(C)C)N[C@@H](c1ccc(-c2ccc(S(C)(=O)=O)cc2)cc1)C(F)(F)F)C(C)=O. The molecule has 11 heteroatoms. The molecule has 0 aromatic heterocycles. The lowest BCUT2D eigenvalue weighted by Gasteiger charge is -2.29. The Balaban J connectivity index is 2.31. The minimum atomic E-state index is -4.69. The highest BCUT2D eigenvalue weighted by Crippen LogP contribution is 2.35. The van der Waals surface area contributed by atoms with Crippen molar-refractivity contribution in [2.75, 3.05) is 18.3 Å². The smallest absolute Gasteiger partial charge is 0.345 e. The molecule has 0 saturated carbocycles. The highest BCUT2D eigenvalue weighted by atomic mass is 32.2. The van der Waals surface area contributed by atoms with E-state index in [-0.39, 0.29) is 28.6 Å². The Hall–Kier alpha value is -2.37. The van der Waals surface area contributed by atoms with Crippen molar-refractivity contribution in [3.8, 4) is 11.1 Å². The molecule has 0 bridgehead atoms. The maximum absolute atomic E-state index is 14.2. The first-order valence-corrected chi connectivity index (χ1v) is 15.4. The van der Waals surface area contributed by atoms with Gasteiger partial charge >= 0.3 is 6.18 Å². The zero-order valence-electron chi connectivity index (χ0n) is 22.1. The number of amides is 1. The van der Waals surface area contributed by atoms with Crippen molar-refractivity contribution in [2.24, 2.45) is 5.92 Å². The normalized spacial score (nSPS) is 14.7. The molecule has 1 amide bonds. The van der Waals surface area contributed by atoms with Crippen LogP contribution in [0.3, 0.4) is 0 Å². The predicted molar refractivity (Wildman–Crippen MR) is 146 cm³/mol. The Morgan fingerprint density at radius 1 is 0.947 bits per heavy atom. The summed E-state index contributed by atoms with van der Waals surface area (Å²) in [6.07, 6.45) is -1.18. The lowest BCUT2D eigenvalue weighted by molar-refractivity contribution is -0.161. The van der Waals surface area contributed by atoms with Gasteiger partial charge in [-0.1, -0.05) is 50.2 Å². The first-order valence-electron chi connectivity index (χ1n) is 12.2. The molecule has 0 aliphatic heterocycles. The third-order valence-corrected chi connectivity index (χ3v) is 7.77. The molecule has 210 valence electrons. The summed E-state index contributed by atoms with van der Waals surface area (Å²) in [5.41, 5.74) is 1.20. The van der Waals surface area contributed by atoms with Crippen LogP contribution in [0, 0.1) is 5.92 Å². The van der Waals surface area contributed by atoms with Crippen LogP contribution in [0.25, 0.3) is 11.1 Å². The van der Waals surface area contributed by atoms with Crippen molar-refractivity contribution in [1.29, 1.82) is 0 Å². The van der Waals surface area contributed by atoms with E-state index in [4.69, 9.17) is 0 Å². The monoisotopic (exact) mass is 572 g/mol. The zero-order chi connectivity index (χ0) is 28.7. The fourth-order valence-corrected chi connectivity index (χ4v) is 5.05. The molecule has 2 rings (SSSR count). The van der Waals surface area contributed by atoms with Gasteiger partial charge < -0.3 is 5.32 Å². The lowest BCUT2D eigenvalue weighted by Crippen LogP contribution is -2.53. The van der Waals surface area contributed by atoms with Gasteiger partial charge in [0.1, 0.15) is 6.04 Å². The molecule has 2 aromatic rings. The minimum Gasteiger partial charge on any atom is -0.345 e. The van der Waals surface area contributed by atoms with Crippen molar-refractivity contribution >= 4 is 33.3 Å². The molecule has 0 saturated heterocycles. The molecule has 0 spiro atoms. The van der Waals surface area contributed by atoms with E-state index in [0.717, 1.165) is 6.26 Å². The maximum Gasteiger partial charge on any atom is 0.407 e. The molecule has 0 radical (unpaired) electrons. The second kappa shape index (κ2) is 13.6. The fourth-order valence-electron chi connectivity index (χ4n) is 3.95. The van der Waals surface area contributed by atoms with Gasteiger partial charge in [-0.2, -0.15) is 24.9 Å². The fraction of sp³-hybridized carbons (Fsp3) is 0.481. The molecule has 6 nitrogen and oxygen atoms in total. The molecule has 2 aromatic carbocycles. The highest BCUT2D eigenvalue weighted by molar-refractivity contribution is 7.98. The number of nitrogens with one attached hydrogen (secondary N) is 2. The number of hydrogen-bond donors (Lipinski definition) is 2. The molecular weight excluding hydrogens is 537 g/mol. The van der Waals surface area contributed by atoms with Gasteiger partial charge in [-0.3, -0.25) is 14.9 Å². The van der Waals surface area contributed by atoms with Crippen LogP contribution in [0.15, 0.2) is 53.4 Å². The van der Waals surface area contributed by atoms with Crippen LogP contribution in [0.5, 0.6) is 0 Å². The first kappa shape index (κ1) is 31.8. The number of carbonyl (C=O) groups excluding carboxylic acids is 2. The molecule has 0 unspecified atom stereocenters. The molecule has 0 fully saturated rings. The summed E-state index contributed by atoms with van der Waals surface area (Å²) >= 11 is 1.51. The van der Waals surface area contributed by atoms with Crippen LogP contribution in [-0.4, -0.2) is 56.6 Å². The Morgan fingerprint density at radius 3 is 1.89 bits per heavy atom. The second-order valence-corrected chi connectivity index (χ2v) is 12.7. The summed E-state index contributed by atoms with van der Waals surface area (Å²) in [6.45, 7) is 4.97. The van der Waals surface area contributed by atoms with E-state index >= 15 is 0 Å². The molecule has 0 aliphatic carbocycles. The van der Waals surface area contributed by atoms with Gasteiger partial charge in [-0.15, -0.1) is 0 Å². The summed E-state index contributed by atoms with van der Waals surface area (Å²) in [7, 11) is -3.37. The third kappa shape index (κ3) is 9.43. The van der Waals surface area contributed by atoms with Crippen LogP contribution >= 0.6 is 11.8 Å². The van der Waals surface area contributed by atoms with Crippen LogP contribution in [0.2, 0.25) is 0 Å². The van der Waals surface area contributed by atoms with Gasteiger partial charge in [0.05, 0.1) is 17.0 Å². The topological polar surface area (TPSA) is 92.3 Å². The van der Waals surface area contributed by atoms with E-state index in [9.17, 15) is 31.2 Å². The third-order valence-electron chi connectivity index (χ3n) is 6.00. The van der Waals surface area contributed by atoms with Crippen molar-refractivity contribution in [3.05, 3.63) is 54.1 Å². The van der Waals surface area contributed by atoms with Crippen LogP contribution in [0.4, 0.5) is 13.2 Å². The number of alkyl halides is 3. The molecule has 3 atom stereocenters. The number of rotatable bonds is 13. The van der Waals surface area contributed by atoms with Crippen molar-refractivity contribution in [2.45, 2.75) is 62.8 Å². The first-order chi connectivity index (χ1) is 17.6. The molecule has 38 heavy (non-hydrogen) atoms. The van der Waals surface area contributed by atoms with E-state index in [2.05, 4.69) is 10.6 Å². The average molecular weight is 573 g/mol. The standard InChI is InChI=1S/C27H35F3N2O4S2/c1-17(2)16-24(26(34)32-23(18(3)33)14-15-37-4)31-25(27(28,29)30)21-8-6-19(7-9-21)20-10-12-22(13-11-20)38(5,35)36/h6-13,17,23-25,31H,14-16H2,1-5H3,(H,32,34)/t23-,24-,25-/m0/s1. The van der Waals surface area contributed by atoms with E-state index in [1.807, 2.05) is 20.1 Å². The minimum absolute atomic E-state index is 0.0685. The van der Waals surface area contributed by atoms with Crippen LogP contribution in [-0.2, 0) is 19.4 Å². The lowest BCUT2D eigenvalue weighted by atomic mass is 9.97. The molecular formula is C27H35F3N2O4S2. The largest absolute Gasteiger partial charge is 0.407 e. The number of ketones is 1. The van der Waals surface area contributed by atoms with E-state index < -0.39 is 40.0 Å². The zero-order valence-corrected chi connectivity index (χ0v) is 23.8.